The van der Waals surface area contributed by atoms with E-state index < -0.39 is 0 Å². The molecule has 1 aliphatic heterocycles. The molecule has 0 spiro atoms. The highest BCUT2D eigenvalue weighted by Gasteiger charge is 2.17. The van der Waals surface area contributed by atoms with Gasteiger partial charge in [0, 0.05) is 29.3 Å². The van der Waals surface area contributed by atoms with E-state index in [0.29, 0.717) is 22.4 Å². The summed E-state index contributed by atoms with van der Waals surface area (Å²) in [7, 11) is 0. The number of thiophene rings is 1. The molecule has 3 heterocycles. The number of carbonyl (C=O) groups is 1. The number of fused-ring (bicyclic) bond motifs is 2. The Hall–Kier alpha value is -3.45. The van der Waals surface area contributed by atoms with Gasteiger partial charge in [-0.3, -0.25) is 14.2 Å². The van der Waals surface area contributed by atoms with Crippen LogP contribution in [0, 0.1) is 6.92 Å². The molecule has 2 aromatic carbocycles. The van der Waals surface area contributed by atoms with E-state index in [1.54, 1.807) is 25.1 Å². The standard InChI is InChI=1S/C24H22N4O2S/c1-16-25-21-5-3-2-4-20(21)24(30)28(16)15-23(29)26-18-6-8-19(9-7-18)27-12-10-22-17(14-27)11-13-31-22/h2-9,11,13H,10,12,14-15H2,1H3,(H,26,29). The average Bonchev–Trinajstić information content (AvgIpc) is 3.25. The van der Waals surface area contributed by atoms with Crippen molar-refractivity contribution < 1.29 is 4.79 Å². The number of aromatic nitrogens is 2. The zero-order chi connectivity index (χ0) is 21.4. The molecule has 4 aromatic rings. The van der Waals surface area contributed by atoms with Crippen LogP contribution in [-0.2, 0) is 24.3 Å². The second kappa shape index (κ2) is 8.00. The normalized spacial score (nSPS) is 13.3. The molecule has 0 saturated carbocycles. The summed E-state index contributed by atoms with van der Waals surface area (Å²) >= 11 is 1.83. The molecule has 0 atom stereocenters. The van der Waals surface area contributed by atoms with Gasteiger partial charge in [0.1, 0.15) is 12.4 Å². The molecule has 1 amide bonds. The minimum absolute atomic E-state index is 0.0721. The quantitative estimate of drug-likeness (QED) is 0.532. The number of carbonyl (C=O) groups excluding carboxylic acids is 1. The third-order valence-electron chi connectivity index (χ3n) is 5.68. The van der Waals surface area contributed by atoms with Crippen molar-refractivity contribution in [1.29, 1.82) is 0 Å². The van der Waals surface area contributed by atoms with Crippen molar-refractivity contribution in [3.63, 3.8) is 0 Å². The SMILES string of the molecule is Cc1nc2ccccc2c(=O)n1CC(=O)Nc1ccc(N2CCc3sccc3C2)cc1. The van der Waals surface area contributed by atoms with Gasteiger partial charge in [-0.2, -0.15) is 0 Å². The molecule has 5 rings (SSSR count). The monoisotopic (exact) mass is 430 g/mol. The summed E-state index contributed by atoms with van der Waals surface area (Å²) in [5.41, 5.74) is 3.69. The van der Waals surface area contributed by atoms with Crippen LogP contribution in [0.25, 0.3) is 10.9 Å². The number of anilines is 2. The highest BCUT2D eigenvalue weighted by atomic mass is 32.1. The Kier molecular flexibility index (Phi) is 5.03. The average molecular weight is 431 g/mol. The molecule has 7 heteroatoms. The number of nitrogens with zero attached hydrogens (tertiary/aromatic N) is 3. The number of benzene rings is 2. The number of hydrogen-bond donors (Lipinski definition) is 1. The molecular weight excluding hydrogens is 408 g/mol. The van der Waals surface area contributed by atoms with E-state index in [4.69, 9.17) is 0 Å². The van der Waals surface area contributed by atoms with E-state index >= 15 is 0 Å². The van der Waals surface area contributed by atoms with Gasteiger partial charge in [-0.1, -0.05) is 12.1 Å². The molecule has 1 N–H and O–H groups in total. The van der Waals surface area contributed by atoms with Gasteiger partial charge in [0.05, 0.1) is 10.9 Å². The van der Waals surface area contributed by atoms with Gasteiger partial charge >= 0.3 is 0 Å². The molecule has 0 saturated heterocycles. The van der Waals surface area contributed by atoms with Crippen molar-refractivity contribution in [2.45, 2.75) is 26.4 Å². The second-order valence-electron chi connectivity index (χ2n) is 7.70. The molecule has 0 bridgehead atoms. The summed E-state index contributed by atoms with van der Waals surface area (Å²) in [4.78, 5) is 33.7. The van der Waals surface area contributed by atoms with E-state index in [9.17, 15) is 9.59 Å². The van der Waals surface area contributed by atoms with Gasteiger partial charge in [-0.25, -0.2) is 4.98 Å². The molecule has 2 aromatic heterocycles. The van der Waals surface area contributed by atoms with Crippen molar-refractivity contribution in [3.05, 3.63) is 86.6 Å². The molecule has 0 aliphatic carbocycles. The van der Waals surface area contributed by atoms with Gasteiger partial charge in [0.2, 0.25) is 5.91 Å². The van der Waals surface area contributed by atoms with Crippen molar-refractivity contribution in [3.8, 4) is 0 Å². The van der Waals surface area contributed by atoms with E-state index in [2.05, 4.69) is 26.6 Å². The van der Waals surface area contributed by atoms with E-state index in [1.165, 1.54) is 15.0 Å². The zero-order valence-electron chi connectivity index (χ0n) is 17.2. The molecule has 6 nitrogen and oxygen atoms in total. The lowest BCUT2D eigenvalue weighted by atomic mass is 10.1. The number of rotatable bonds is 4. The van der Waals surface area contributed by atoms with Crippen LogP contribution in [-0.4, -0.2) is 22.0 Å². The Balaban J connectivity index is 1.28. The zero-order valence-corrected chi connectivity index (χ0v) is 18.0. The van der Waals surface area contributed by atoms with Crippen LogP contribution in [0.15, 0.2) is 64.8 Å². The molecule has 1 aliphatic rings. The number of amides is 1. The molecule has 0 radical (unpaired) electrons. The Morgan fingerprint density at radius 2 is 1.94 bits per heavy atom. The van der Waals surface area contributed by atoms with Crippen LogP contribution in [0.1, 0.15) is 16.3 Å². The third-order valence-corrected chi connectivity index (χ3v) is 6.70. The fraction of sp³-hybridized carbons (Fsp3) is 0.208. The number of para-hydroxylation sites is 1. The lowest BCUT2D eigenvalue weighted by Crippen LogP contribution is -2.30. The van der Waals surface area contributed by atoms with Crippen LogP contribution >= 0.6 is 11.3 Å². The van der Waals surface area contributed by atoms with Gasteiger partial charge in [-0.05, 0) is 66.8 Å². The first-order valence-electron chi connectivity index (χ1n) is 10.2. The topological polar surface area (TPSA) is 67.2 Å². The number of hydrogen-bond acceptors (Lipinski definition) is 5. The van der Waals surface area contributed by atoms with E-state index in [1.807, 2.05) is 41.7 Å². The van der Waals surface area contributed by atoms with E-state index in [0.717, 1.165) is 25.2 Å². The molecular formula is C24H22N4O2S. The van der Waals surface area contributed by atoms with Gasteiger partial charge < -0.3 is 10.2 Å². The summed E-state index contributed by atoms with van der Waals surface area (Å²) in [6.07, 6.45) is 1.07. The highest BCUT2D eigenvalue weighted by Crippen LogP contribution is 2.28. The largest absolute Gasteiger partial charge is 0.367 e. The molecule has 156 valence electrons. The van der Waals surface area contributed by atoms with Crippen molar-refractivity contribution >= 4 is 39.5 Å². The Morgan fingerprint density at radius 1 is 1.13 bits per heavy atom. The second-order valence-corrected chi connectivity index (χ2v) is 8.70. The fourth-order valence-corrected chi connectivity index (χ4v) is 4.92. The predicted molar refractivity (Wildman–Crippen MR) is 125 cm³/mol. The Bertz CT molecular complexity index is 1320. The van der Waals surface area contributed by atoms with E-state index in [-0.39, 0.29) is 18.0 Å². The summed E-state index contributed by atoms with van der Waals surface area (Å²) in [6.45, 7) is 3.59. The van der Waals surface area contributed by atoms with Crippen LogP contribution in [0.4, 0.5) is 11.4 Å². The smallest absolute Gasteiger partial charge is 0.261 e. The molecule has 0 fully saturated rings. The minimum Gasteiger partial charge on any atom is -0.367 e. The van der Waals surface area contributed by atoms with Crippen LogP contribution in [0.2, 0.25) is 0 Å². The van der Waals surface area contributed by atoms with Crippen LogP contribution in [0.3, 0.4) is 0 Å². The third kappa shape index (κ3) is 3.84. The Morgan fingerprint density at radius 3 is 2.77 bits per heavy atom. The lowest BCUT2D eigenvalue weighted by molar-refractivity contribution is -0.116. The van der Waals surface area contributed by atoms with Crippen molar-refractivity contribution in [1.82, 2.24) is 9.55 Å². The minimum atomic E-state index is -0.254. The van der Waals surface area contributed by atoms with Crippen LogP contribution in [0.5, 0.6) is 0 Å². The highest BCUT2D eigenvalue weighted by molar-refractivity contribution is 7.10. The predicted octanol–water partition coefficient (Wildman–Crippen LogP) is 3.97. The van der Waals surface area contributed by atoms with Gasteiger partial charge in [0.25, 0.3) is 5.56 Å². The summed E-state index contributed by atoms with van der Waals surface area (Å²) in [5.74, 6) is 0.267. The first kappa shape index (κ1) is 19.5. The summed E-state index contributed by atoms with van der Waals surface area (Å²) in [5, 5.41) is 5.56. The molecule has 0 unspecified atom stereocenters. The fourth-order valence-electron chi connectivity index (χ4n) is 4.03. The Labute approximate surface area is 183 Å². The number of nitrogens with one attached hydrogen (secondary N) is 1. The molecule has 31 heavy (non-hydrogen) atoms. The van der Waals surface area contributed by atoms with Crippen molar-refractivity contribution in [2.24, 2.45) is 0 Å². The van der Waals surface area contributed by atoms with Crippen molar-refractivity contribution in [2.75, 3.05) is 16.8 Å². The maximum Gasteiger partial charge on any atom is 0.261 e. The van der Waals surface area contributed by atoms with Gasteiger partial charge in [0.15, 0.2) is 0 Å². The first-order chi connectivity index (χ1) is 15.1. The van der Waals surface area contributed by atoms with Crippen LogP contribution < -0.4 is 15.8 Å². The maximum absolute atomic E-state index is 12.8. The maximum atomic E-state index is 12.8. The summed E-state index contributed by atoms with van der Waals surface area (Å²) in [6, 6.07) is 17.3. The summed E-state index contributed by atoms with van der Waals surface area (Å²) < 4.78 is 1.41. The lowest BCUT2D eigenvalue weighted by Gasteiger charge is -2.29. The first-order valence-corrected chi connectivity index (χ1v) is 11.1. The van der Waals surface area contributed by atoms with Gasteiger partial charge in [-0.15, -0.1) is 11.3 Å². The number of aryl methyl sites for hydroxylation is 1.